The maximum Gasteiger partial charge on any atom is 0.262 e. The third kappa shape index (κ3) is 6.97. The normalized spacial score (nSPS) is 13.1. The predicted octanol–water partition coefficient (Wildman–Crippen LogP) is 8.46. The van der Waals surface area contributed by atoms with Crippen molar-refractivity contribution in [2.45, 2.75) is 6.42 Å². The molecule has 0 unspecified atom stereocenters. The van der Waals surface area contributed by atoms with E-state index >= 15 is 0 Å². The topological polar surface area (TPSA) is 77.2 Å². The summed E-state index contributed by atoms with van der Waals surface area (Å²) in [4.78, 5) is 17.3. The van der Waals surface area contributed by atoms with Gasteiger partial charge in [-0.2, -0.15) is 5.10 Å². The molecule has 0 fully saturated rings. The Morgan fingerprint density at radius 2 is 1.89 bits per heavy atom. The Kier molecular flexibility index (Phi) is 8.99. The first-order valence-corrected chi connectivity index (χ1v) is 15.3. The molecule has 6 rings (SSSR count). The molecule has 0 spiro atoms. The highest BCUT2D eigenvalue weighted by Gasteiger charge is 2.18. The molecule has 12 heteroatoms. The van der Waals surface area contributed by atoms with Gasteiger partial charge in [-0.1, -0.05) is 46.9 Å². The Bertz CT molecular complexity index is 1970. The van der Waals surface area contributed by atoms with E-state index in [1.54, 1.807) is 47.1 Å². The molecule has 0 radical (unpaired) electrons. The maximum absolute atomic E-state index is 14.4. The van der Waals surface area contributed by atoms with E-state index in [2.05, 4.69) is 5.32 Å². The molecular weight excluding hydrogens is 646 g/mol. The number of amides is 1. The number of aromatic nitrogens is 1. The summed E-state index contributed by atoms with van der Waals surface area (Å²) in [6, 6.07) is 21.9. The number of carbonyl (C=O) groups is 1. The summed E-state index contributed by atoms with van der Waals surface area (Å²) >= 11 is 19.9. The van der Waals surface area contributed by atoms with Crippen LogP contribution >= 0.6 is 46.1 Å². The fourth-order valence-corrected chi connectivity index (χ4v) is 5.99. The number of anilines is 1. The van der Waals surface area contributed by atoms with Crippen LogP contribution in [0, 0.1) is 5.82 Å². The summed E-state index contributed by atoms with van der Waals surface area (Å²) in [5, 5.41) is 11.1. The molecule has 44 heavy (non-hydrogen) atoms. The molecule has 1 amide bonds. The minimum atomic E-state index is -0.449. The molecular formula is C32H22Cl3FN4O3S. The van der Waals surface area contributed by atoms with Gasteiger partial charge in [-0.3, -0.25) is 9.79 Å². The molecule has 0 aliphatic carbocycles. The number of ether oxygens (including phenoxy) is 2. The molecule has 0 bridgehead atoms. The Morgan fingerprint density at radius 3 is 2.73 bits per heavy atom. The monoisotopic (exact) mass is 666 g/mol. The van der Waals surface area contributed by atoms with E-state index < -0.39 is 5.82 Å². The molecule has 1 aliphatic rings. The highest BCUT2D eigenvalue weighted by Crippen LogP contribution is 2.33. The van der Waals surface area contributed by atoms with Gasteiger partial charge in [0.1, 0.15) is 23.1 Å². The van der Waals surface area contributed by atoms with Crippen molar-refractivity contribution in [3.8, 4) is 28.5 Å². The lowest BCUT2D eigenvalue weighted by atomic mass is 10.1. The van der Waals surface area contributed by atoms with Gasteiger partial charge in [-0.15, -0.1) is 11.3 Å². The molecule has 1 aromatic heterocycles. The lowest BCUT2D eigenvalue weighted by Crippen LogP contribution is -2.25. The number of rotatable bonds is 8. The second kappa shape index (κ2) is 13.2. The fraction of sp³-hybridized carbons (Fsp3) is 0.0938. The zero-order valence-electron chi connectivity index (χ0n) is 22.8. The van der Waals surface area contributed by atoms with Crippen LogP contribution in [0.1, 0.15) is 11.1 Å². The van der Waals surface area contributed by atoms with Crippen LogP contribution in [0.15, 0.2) is 94.3 Å². The van der Waals surface area contributed by atoms with Gasteiger partial charge in [0.2, 0.25) is 4.80 Å². The SMILES string of the molecule is O=C1COc2ccc(-c3csc(=NCCc4ccc(Cl)cc4Cl)n3/N=C/c3cc(F)ccc3Oc3cccc(Cl)c3)cc2N1. The number of hydrogen-bond donors (Lipinski definition) is 1. The number of benzene rings is 4. The van der Waals surface area contributed by atoms with Crippen molar-refractivity contribution in [2.24, 2.45) is 10.1 Å². The number of nitrogens with zero attached hydrogens (tertiary/aromatic N) is 3. The first kappa shape index (κ1) is 29.9. The zero-order chi connectivity index (χ0) is 30.6. The first-order valence-electron chi connectivity index (χ1n) is 13.3. The number of hydrogen-bond acceptors (Lipinski definition) is 6. The van der Waals surface area contributed by atoms with Crippen molar-refractivity contribution in [3.05, 3.63) is 121 Å². The average molecular weight is 668 g/mol. The van der Waals surface area contributed by atoms with Gasteiger partial charge in [-0.05, 0) is 78.7 Å². The molecule has 1 N–H and O–H groups in total. The zero-order valence-corrected chi connectivity index (χ0v) is 25.9. The quantitative estimate of drug-likeness (QED) is 0.169. The van der Waals surface area contributed by atoms with E-state index in [0.29, 0.717) is 67.0 Å². The maximum atomic E-state index is 14.4. The second-order valence-corrected chi connectivity index (χ2v) is 11.7. The van der Waals surface area contributed by atoms with Gasteiger partial charge in [0.05, 0.1) is 17.6 Å². The van der Waals surface area contributed by atoms with E-state index in [4.69, 9.17) is 54.4 Å². The van der Waals surface area contributed by atoms with Gasteiger partial charge in [0, 0.05) is 38.1 Å². The molecule has 0 atom stereocenters. The van der Waals surface area contributed by atoms with Crippen LogP contribution in [0.5, 0.6) is 17.2 Å². The number of carbonyl (C=O) groups excluding carboxylic acids is 1. The van der Waals surface area contributed by atoms with E-state index in [0.717, 1.165) is 11.1 Å². The fourth-order valence-electron chi connectivity index (χ4n) is 4.45. The molecule has 2 heterocycles. The highest BCUT2D eigenvalue weighted by molar-refractivity contribution is 7.07. The van der Waals surface area contributed by atoms with Crippen LogP contribution in [-0.2, 0) is 11.2 Å². The molecule has 222 valence electrons. The summed E-state index contributed by atoms with van der Waals surface area (Å²) in [5.41, 5.74) is 3.34. The summed E-state index contributed by atoms with van der Waals surface area (Å²) < 4.78 is 27.6. The molecule has 4 aromatic carbocycles. The van der Waals surface area contributed by atoms with E-state index in [9.17, 15) is 9.18 Å². The van der Waals surface area contributed by atoms with E-state index in [1.807, 2.05) is 23.6 Å². The molecule has 0 saturated heterocycles. The van der Waals surface area contributed by atoms with Crippen molar-refractivity contribution < 1.29 is 18.7 Å². The van der Waals surface area contributed by atoms with Gasteiger partial charge in [-0.25, -0.2) is 9.07 Å². The van der Waals surface area contributed by atoms with Crippen LogP contribution in [0.25, 0.3) is 11.3 Å². The minimum absolute atomic E-state index is 0.0387. The van der Waals surface area contributed by atoms with Crippen molar-refractivity contribution >= 4 is 63.9 Å². The van der Waals surface area contributed by atoms with Crippen molar-refractivity contribution in [3.63, 3.8) is 0 Å². The predicted molar refractivity (Wildman–Crippen MR) is 173 cm³/mol. The summed E-state index contributed by atoms with van der Waals surface area (Å²) in [5.74, 6) is 0.777. The van der Waals surface area contributed by atoms with Gasteiger partial charge in [0.15, 0.2) is 6.61 Å². The van der Waals surface area contributed by atoms with Crippen molar-refractivity contribution in [2.75, 3.05) is 18.5 Å². The number of halogens is 4. The molecule has 1 aliphatic heterocycles. The lowest BCUT2D eigenvalue weighted by molar-refractivity contribution is -0.118. The average Bonchev–Trinajstić information content (AvgIpc) is 3.40. The largest absolute Gasteiger partial charge is 0.482 e. The van der Waals surface area contributed by atoms with Gasteiger partial charge >= 0.3 is 0 Å². The summed E-state index contributed by atoms with van der Waals surface area (Å²) in [6.07, 6.45) is 2.09. The van der Waals surface area contributed by atoms with Crippen LogP contribution in [0.3, 0.4) is 0 Å². The van der Waals surface area contributed by atoms with Crippen molar-refractivity contribution in [1.82, 2.24) is 4.68 Å². The standard InChI is InChI=1S/C32H22Cl3FN4O3S/c33-22-2-1-3-25(14-22)43-29-9-7-24(36)12-21(29)16-38-40-28(20-5-8-30-27(13-20)39-31(41)17-42-30)18-44-32(40)37-11-10-19-4-6-23(34)15-26(19)35/h1-9,12-16,18H,10-11,17H2,(H,39,41)/b37-32?,38-16+. The number of nitrogens with one attached hydrogen (secondary N) is 1. The Hall–Kier alpha value is -4.15. The molecule has 5 aromatic rings. The van der Waals surface area contributed by atoms with Gasteiger partial charge in [0.25, 0.3) is 5.91 Å². The van der Waals surface area contributed by atoms with Crippen LogP contribution in [0.4, 0.5) is 10.1 Å². The lowest BCUT2D eigenvalue weighted by Gasteiger charge is -2.18. The summed E-state index contributed by atoms with van der Waals surface area (Å²) in [6.45, 7) is 0.386. The van der Waals surface area contributed by atoms with Crippen LogP contribution < -0.4 is 19.6 Å². The third-order valence-corrected chi connectivity index (χ3v) is 8.22. The number of thiazole rings is 1. The second-order valence-electron chi connectivity index (χ2n) is 9.62. The van der Waals surface area contributed by atoms with Crippen LogP contribution in [0.2, 0.25) is 15.1 Å². The summed E-state index contributed by atoms with van der Waals surface area (Å²) in [7, 11) is 0. The Morgan fingerprint density at radius 1 is 1.02 bits per heavy atom. The van der Waals surface area contributed by atoms with Gasteiger partial charge < -0.3 is 14.8 Å². The van der Waals surface area contributed by atoms with Crippen molar-refractivity contribution in [1.29, 1.82) is 0 Å². The first-order chi connectivity index (χ1) is 21.3. The third-order valence-electron chi connectivity index (χ3n) is 6.54. The van der Waals surface area contributed by atoms with Crippen LogP contribution in [-0.4, -0.2) is 29.9 Å². The Balaban J connectivity index is 1.38. The molecule has 0 saturated carbocycles. The van der Waals surface area contributed by atoms with E-state index in [1.165, 1.54) is 35.8 Å². The smallest absolute Gasteiger partial charge is 0.262 e. The highest BCUT2D eigenvalue weighted by atomic mass is 35.5. The number of fused-ring (bicyclic) bond motifs is 1. The van der Waals surface area contributed by atoms with E-state index in [-0.39, 0.29) is 12.5 Å². The Labute approximate surface area is 270 Å². The molecule has 7 nitrogen and oxygen atoms in total. The minimum Gasteiger partial charge on any atom is -0.482 e.